The van der Waals surface area contributed by atoms with Crippen molar-refractivity contribution >= 4 is 5.91 Å². The summed E-state index contributed by atoms with van der Waals surface area (Å²) in [6, 6.07) is 6.60. The Morgan fingerprint density at radius 2 is 2.19 bits per heavy atom. The maximum atomic E-state index is 12.1. The molecule has 114 valence electrons. The van der Waals surface area contributed by atoms with E-state index in [-0.39, 0.29) is 5.91 Å². The largest absolute Gasteiger partial charge is 0.496 e. The van der Waals surface area contributed by atoms with Crippen LogP contribution < -0.4 is 10.1 Å². The van der Waals surface area contributed by atoms with E-state index in [9.17, 15) is 4.79 Å². The Balaban J connectivity index is 1.48. The fraction of sp³-hybridized carbons (Fsp3) is 0.611. The van der Waals surface area contributed by atoms with Crippen molar-refractivity contribution < 1.29 is 9.53 Å². The van der Waals surface area contributed by atoms with Crippen LogP contribution in [-0.2, 0) is 11.2 Å². The van der Waals surface area contributed by atoms with Gasteiger partial charge in [-0.05, 0) is 61.6 Å². The average Bonchev–Trinajstić information content (AvgIpc) is 3.08. The highest BCUT2D eigenvalue weighted by Gasteiger charge is 2.39. The summed E-state index contributed by atoms with van der Waals surface area (Å²) in [6.07, 6.45) is 6.62. The summed E-state index contributed by atoms with van der Waals surface area (Å²) < 4.78 is 5.26. The molecule has 1 aromatic carbocycles. The van der Waals surface area contributed by atoms with Crippen LogP contribution in [0.2, 0.25) is 0 Å². The molecule has 2 saturated carbocycles. The van der Waals surface area contributed by atoms with Crippen LogP contribution in [-0.4, -0.2) is 19.1 Å². The van der Waals surface area contributed by atoms with Gasteiger partial charge in [-0.3, -0.25) is 4.79 Å². The molecule has 3 heteroatoms. The molecule has 3 atom stereocenters. The van der Waals surface area contributed by atoms with Gasteiger partial charge in [-0.2, -0.15) is 0 Å². The van der Waals surface area contributed by atoms with E-state index in [0.29, 0.717) is 12.5 Å². The molecule has 0 heterocycles. The molecule has 0 radical (unpaired) electrons. The predicted molar refractivity (Wildman–Crippen MR) is 83.4 cm³/mol. The minimum absolute atomic E-state index is 0.209. The highest BCUT2D eigenvalue weighted by atomic mass is 16.5. The Morgan fingerprint density at radius 3 is 2.81 bits per heavy atom. The van der Waals surface area contributed by atoms with E-state index in [2.05, 4.69) is 17.4 Å². The summed E-state index contributed by atoms with van der Waals surface area (Å²) in [6.45, 7) is 2.04. The van der Waals surface area contributed by atoms with Crippen LogP contribution in [0.15, 0.2) is 18.2 Å². The van der Waals surface area contributed by atoms with Gasteiger partial charge in [0.15, 0.2) is 0 Å². The van der Waals surface area contributed by atoms with Gasteiger partial charge in [-0.1, -0.05) is 18.6 Å². The quantitative estimate of drug-likeness (QED) is 0.903. The summed E-state index contributed by atoms with van der Waals surface area (Å²) in [4.78, 5) is 12.1. The number of hydrogen-bond acceptors (Lipinski definition) is 2. The molecule has 0 unspecified atom stereocenters. The third kappa shape index (κ3) is 3.22. The third-order valence-electron chi connectivity index (χ3n) is 5.18. The number of nitrogens with one attached hydrogen (secondary N) is 1. The Labute approximate surface area is 127 Å². The first-order chi connectivity index (χ1) is 10.2. The smallest absolute Gasteiger partial charge is 0.220 e. The van der Waals surface area contributed by atoms with Crippen molar-refractivity contribution in [3.8, 4) is 5.75 Å². The Morgan fingerprint density at radius 1 is 1.33 bits per heavy atom. The van der Waals surface area contributed by atoms with E-state index in [1.54, 1.807) is 7.11 Å². The first-order valence-corrected chi connectivity index (χ1v) is 8.08. The first-order valence-electron chi connectivity index (χ1n) is 8.08. The van der Waals surface area contributed by atoms with Gasteiger partial charge in [-0.15, -0.1) is 0 Å². The summed E-state index contributed by atoms with van der Waals surface area (Å²) in [5, 5.41) is 3.25. The lowest BCUT2D eigenvalue weighted by atomic mass is 9.95. The standard InChI is InChI=1S/C18H25NO2/c1-12-9-13(4-7-17(12)21-2)5-8-18(20)19-16-11-14-3-6-15(16)10-14/h4,7,9,14-16H,3,5-6,8,10-11H2,1-2H3,(H,19,20)/t14-,15+,16+/m0/s1. The van der Waals surface area contributed by atoms with Crippen molar-refractivity contribution in [3.05, 3.63) is 29.3 Å². The van der Waals surface area contributed by atoms with Gasteiger partial charge in [0.25, 0.3) is 0 Å². The van der Waals surface area contributed by atoms with Crippen LogP contribution in [0.4, 0.5) is 0 Å². The van der Waals surface area contributed by atoms with Crippen molar-refractivity contribution in [2.45, 2.75) is 51.5 Å². The van der Waals surface area contributed by atoms with Gasteiger partial charge < -0.3 is 10.1 Å². The van der Waals surface area contributed by atoms with Crippen LogP contribution in [0.5, 0.6) is 5.75 Å². The van der Waals surface area contributed by atoms with Crippen molar-refractivity contribution in [2.75, 3.05) is 7.11 Å². The van der Waals surface area contributed by atoms with Crippen molar-refractivity contribution in [1.82, 2.24) is 5.32 Å². The van der Waals surface area contributed by atoms with Crippen LogP contribution in [0.3, 0.4) is 0 Å². The number of rotatable bonds is 5. The van der Waals surface area contributed by atoms with Gasteiger partial charge in [0.2, 0.25) is 5.91 Å². The number of amides is 1. The molecule has 0 saturated heterocycles. The van der Waals surface area contributed by atoms with Crippen molar-refractivity contribution in [2.24, 2.45) is 11.8 Å². The predicted octanol–water partition coefficient (Wildman–Crippen LogP) is 3.24. The molecule has 2 fully saturated rings. The van der Waals surface area contributed by atoms with E-state index in [1.807, 2.05) is 13.0 Å². The zero-order chi connectivity index (χ0) is 14.8. The summed E-state index contributed by atoms with van der Waals surface area (Å²) in [7, 11) is 1.69. The second-order valence-corrected chi connectivity index (χ2v) is 6.65. The number of hydrogen-bond donors (Lipinski definition) is 1. The number of carbonyl (C=O) groups is 1. The molecular formula is C18H25NO2. The lowest BCUT2D eigenvalue weighted by Crippen LogP contribution is -2.38. The van der Waals surface area contributed by atoms with Crippen LogP contribution in [0.25, 0.3) is 0 Å². The lowest BCUT2D eigenvalue weighted by molar-refractivity contribution is -0.122. The number of methoxy groups -OCH3 is 1. The molecule has 0 aromatic heterocycles. The molecule has 2 aliphatic carbocycles. The first kappa shape index (κ1) is 14.4. The van der Waals surface area contributed by atoms with Gasteiger partial charge in [-0.25, -0.2) is 0 Å². The number of carbonyl (C=O) groups excluding carboxylic acids is 1. The maximum Gasteiger partial charge on any atom is 0.220 e. The molecule has 0 aliphatic heterocycles. The molecule has 3 rings (SSSR count). The van der Waals surface area contributed by atoms with Gasteiger partial charge in [0.05, 0.1) is 7.11 Å². The highest BCUT2D eigenvalue weighted by molar-refractivity contribution is 5.76. The summed E-state index contributed by atoms with van der Waals surface area (Å²) in [5.74, 6) is 2.75. The molecule has 2 bridgehead atoms. The zero-order valence-corrected chi connectivity index (χ0v) is 13.0. The Hall–Kier alpha value is -1.51. The fourth-order valence-corrected chi connectivity index (χ4v) is 4.05. The Bertz CT molecular complexity index is 526. The second kappa shape index (κ2) is 6.08. The minimum Gasteiger partial charge on any atom is -0.496 e. The van der Waals surface area contributed by atoms with E-state index in [1.165, 1.54) is 31.2 Å². The third-order valence-corrected chi connectivity index (χ3v) is 5.18. The number of aryl methyl sites for hydroxylation is 2. The molecule has 3 nitrogen and oxygen atoms in total. The molecule has 1 N–H and O–H groups in total. The molecule has 2 aliphatic rings. The van der Waals surface area contributed by atoms with E-state index in [0.717, 1.165) is 29.6 Å². The van der Waals surface area contributed by atoms with E-state index in [4.69, 9.17) is 4.74 Å². The van der Waals surface area contributed by atoms with Crippen LogP contribution in [0, 0.1) is 18.8 Å². The van der Waals surface area contributed by atoms with Crippen LogP contribution in [0.1, 0.15) is 43.2 Å². The van der Waals surface area contributed by atoms with Crippen LogP contribution >= 0.6 is 0 Å². The molecule has 1 aromatic rings. The average molecular weight is 287 g/mol. The van der Waals surface area contributed by atoms with Gasteiger partial charge in [0.1, 0.15) is 5.75 Å². The molecule has 1 amide bonds. The lowest BCUT2D eigenvalue weighted by Gasteiger charge is -2.22. The van der Waals surface area contributed by atoms with Crippen molar-refractivity contribution in [3.63, 3.8) is 0 Å². The topological polar surface area (TPSA) is 38.3 Å². The SMILES string of the molecule is COc1ccc(CCC(=O)N[C@@H]2C[C@H]3CC[C@@H]2C3)cc1C. The minimum atomic E-state index is 0.209. The Kier molecular flexibility index (Phi) is 4.18. The van der Waals surface area contributed by atoms with Gasteiger partial charge >= 0.3 is 0 Å². The summed E-state index contributed by atoms with van der Waals surface area (Å²) in [5.41, 5.74) is 2.33. The molecule has 21 heavy (non-hydrogen) atoms. The van der Waals surface area contributed by atoms with Crippen molar-refractivity contribution in [1.29, 1.82) is 0 Å². The maximum absolute atomic E-state index is 12.1. The fourth-order valence-electron chi connectivity index (χ4n) is 4.05. The zero-order valence-electron chi connectivity index (χ0n) is 13.0. The number of benzene rings is 1. The van der Waals surface area contributed by atoms with E-state index >= 15 is 0 Å². The number of fused-ring (bicyclic) bond motifs is 2. The number of ether oxygens (including phenoxy) is 1. The highest BCUT2D eigenvalue weighted by Crippen LogP contribution is 2.44. The van der Waals surface area contributed by atoms with E-state index < -0.39 is 0 Å². The second-order valence-electron chi connectivity index (χ2n) is 6.65. The summed E-state index contributed by atoms with van der Waals surface area (Å²) >= 11 is 0. The molecular weight excluding hydrogens is 262 g/mol. The normalized spacial score (nSPS) is 26.9. The van der Waals surface area contributed by atoms with Gasteiger partial charge in [0, 0.05) is 12.5 Å². The molecule has 0 spiro atoms. The monoisotopic (exact) mass is 287 g/mol.